The molecular formula is C20H22N6O2S. The number of nitrogens with two attached hydrogens (primary N) is 1. The number of hydrogen-bond acceptors (Lipinski definition) is 6. The summed E-state index contributed by atoms with van der Waals surface area (Å²) < 4.78 is 1.72. The molecule has 2 aromatic heterocycles. The molecule has 0 unspecified atom stereocenters. The maximum atomic E-state index is 13.0. The second-order valence-corrected chi connectivity index (χ2v) is 8.03. The summed E-state index contributed by atoms with van der Waals surface area (Å²) in [6, 6.07) is 7.25. The lowest BCUT2D eigenvalue weighted by Crippen LogP contribution is -2.48. The molecule has 4 rings (SSSR count). The summed E-state index contributed by atoms with van der Waals surface area (Å²) in [7, 11) is 1.86. The molecule has 150 valence electrons. The number of nitrogens with zero attached hydrogens (tertiary/aromatic N) is 5. The zero-order valence-corrected chi connectivity index (χ0v) is 17.1. The number of amides is 2. The molecule has 8 nitrogen and oxygen atoms in total. The Bertz CT molecular complexity index is 1050. The summed E-state index contributed by atoms with van der Waals surface area (Å²) in [6.07, 6.45) is 3.66. The summed E-state index contributed by atoms with van der Waals surface area (Å²) in [4.78, 5) is 33.6. The molecule has 1 aliphatic rings. The minimum atomic E-state index is -0.433. The lowest BCUT2D eigenvalue weighted by molar-refractivity contribution is 0.0750. The normalized spacial score (nSPS) is 14.3. The van der Waals surface area contributed by atoms with Gasteiger partial charge in [0.1, 0.15) is 9.88 Å². The average Bonchev–Trinajstić information content (AvgIpc) is 3.33. The van der Waals surface area contributed by atoms with Crippen LogP contribution in [0.25, 0.3) is 10.6 Å². The van der Waals surface area contributed by atoms with Crippen LogP contribution in [-0.2, 0) is 7.05 Å². The van der Waals surface area contributed by atoms with Crippen LogP contribution in [0.4, 0.5) is 5.69 Å². The Morgan fingerprint density at radius 1 is 1.10 bits per heavy atom. The van der Waals surface area contributed by atoms with Crippen molar-refractivity contribution in [2.75, 3.05) is 31.1 Å². The van der Waals surface area contributed by atoms with Gasteiger partial charge < -0.3 is 15.5 Å². The summed E-state index contributed by atoms with van der Waals surface area (Å²) in [5.41, 5.74) is 8.49. The quantitative estimate of drug-likeness (QED) is 0.709. The number of hydrogen-bond donors (Lipinski definition) is 1. The Morgan fingerprint density at radius 3 is 2.38 bits per heavy atom. The number of thiazole rings is 1. The smallest absolute Gasteiger partial charge is 0.265 e. The maximum absolute atomic E-state index is 13.0. The van der Waals surface area contributed by atoms with Crippen LogP contribution in [0, 0.1) is 6.92 Å². The first-order chi connectivity index (χ1) is 13.9. The van der Waals surface area contributed by atoms with Crippen LogP contribution in [0.3, 0.4) is 0 Å². The number of carbonyl (C=O) groups is 2. The second-order valence-electron chi connectivity index (χ2n) is 7.03. The lowest BCUT2D eigenvalue weighted by Gasteiger charge is -2.36. The molecule has 0 aliphatic carbocycles. The van der Waals surface area contributed by atoms with Gasteiger partial charge in [-0.15, -0.1) is 11.3 Å². The molecule has 29 heavy (non-hydrogen) atoms. The van der Waals surface area contributed by atoms with Crippen LogP contribution in [-0.4, -0.2) is 57.7 Å². The zero-order valence-electron chi connectivity index (χ0n) is 16.3. The number of anilines is 1. The molecule has 1 aliphatic heterocycles. The number of piperazine rings is 1. The molecule has 0 spiro atoms. The van der Waals surface area contributed by atoms with Gasteiger partial charge in [-0.1, -0.05) is 0 Å². The fourth-order valence-corrected chi connectivity index (χ4v) is 4.41. The highest BCUT2D eigenvalue weighted by atomic mass is 32.1. The van der Waals surface area contributed by atoms with Crippen molar-refractivity contribution < 1.29 is 9.59 Å². The molecule has 9 heteroatoms. The zero-order chi connectivity index (χ0) is 20.5. The molecule has 1 fully saturated rings. The van der Waals surface area contributed by atoms with Gasteiger partial charge in [-0.25, -0.2) is 4.98 Å². The molecule has 1 aromatic carbocycles. The first-order valence-corrected chi connectivity index (χ1v) is 10.1. The van der Waals surface area contributed by atoms with Gasteiger partial charge in [-0.2, -0.15) is 5.10 Å². The van der Waals surface area contributed by atoms with E-state index in [9.17, 15) is 9.59 Å². The van der Waals surface area contributed by atoms with Crippen molar-refractivity contribution in [2.24, 2.45) is 12.8 Å². The largest absolute Gasteiger partial charge is 0.368 e. The number of carbonyl (C=O) groups excluding carboxylic acids is 2. The van der Waals surface area contributed by atoms with E-state index >= 15 is 0 Å². The van der Waals surface area contributed by atoms with Crippen molar-refractivity contribution in [2.45, 2.75) is 6.92 Å². The van der Waals surface area contributed by atoms with Gasteiger partial charge in [0.15, 0.2) is 0 Å². The highest BCUT2D eigenvalue weighted by molar-refractivity contribution is 7.17. The topological polar surface area (TPSA) is 97.3 Å². The molecule has 3 heterocycles. The van der Waals surface area contributed by atoms with Crippen LogP contribution >= 0.6 is 11.3 Å². The lowest BCUT2D eigenvalue weighted by atomic mass is 10.1. The van der Waals surface area contributed by atoms with Gasteiger partial charge >= 0.3 is 0 Å². The van der Waals surface area contributed by atoms with E-state index in [4.69, 9.17) is 5.73 Å². The van der Waals surface area contributed by atoms with E-state index in [2.05, 4.69) is 15.0 Å². The van der Waals surface area contributed by atoms with Crippen molar-refractivity contribution in [3.63, 3.8) is 0 Å². The third-order valence-corrected chi connectivity index (χ3v) is 6.22. The molecule has 1 saturated heterocycles. The monoisotopic (exact) mass is 410 g/mol. The Balaban J connectivity index is 1.43. The molecule has 0 saturated carbocycles. The van der Waals surface area contributed by atoms with Crippen molar-refractivity contribution >= 4 is 28.8 Å². The van der Waals surface area contributed by atoms with Crippen LogP contribution in [0.5, 0.6) is 0 Å². The van der Waals surface area contributed by atoms with E-state index in [0.717, 1.165) is 35.0 Å². The van der Waals surface area contributed by atoms with Crippen molar-refractivity contribution in [3.8, 4) is 10.6 Å². The number of primary amides is 1. The number of benzene rings is 1. The maximum Gasteiger partial charge on any atom is 0.265 e. The van der Waals surface area contributed by atoms with Gasteiger partial charge in [-0.3, -0.25) is 14.3 Å². The van der Waals surface area contributed by atoms with Gasteiger partial charge in [0.05, 0.1) is 11.9 Å². The van der Waals surface area contributed by atoms with Crippen molar-refractivity contribution in [1.29, 1.82) is 0 Å². The predicted molar refractivity (Wildman–Crippen MR) is 112 cm³/mol. The highest BCUT2D eigenvalue weighted by Gasteiger charge is 2.26. The Hall–Kier alpha value is -3.20. The average molecular weight is 411 g/mol. The summed E-state index contributed by atoms with van der Waals surface area (Å²) in [6.45, 7) is 4.61. The first kappa shape index (κ1) is 19.1. The molecule has 0 bridgehead atoms. The van der Waals surface area contributed by atoms with Crippen LogP contribution in [0.2, 0.25) is 0 Å². The highest BCUT2D eigenvalue weighted by Crippen LogP contribution is 2.29. The van der Waals surface area contributed by atoms with E-state index in [0.29, 0.717) is 23.5 Å². The Labute approximate surface area is 172 Å². The van der Waals surface area contributed by atoms with Crippen LogP contribution in [0.15, 0.2) is 36.7 Å². The van der Waals surface area contributed by atoms with Gasteiger partial charge in [0, 0.05) is 56.2 Å². The van der Waals surface area contributed by atoms with Gasteiger partial charge in [0.25, 0.3) is 5.91 Å². The summed E-state index contributed by atoms with van der Waals surface area (Å²) in [5, 5.41) is 4.99. The van der Waals surface area contributed by atoms with E-state index in [-0.39, 0.29) is 5.91 Å². The minimum absolute atomic E-state index is 0.0267. The fourth-order valence-electron chi connectivity index (χ4n) is 3.40. The molecule has 2 N–H and O–H groups in total. The summed E-state index contributed by atoms with van der Waals surface area (Å²) in [5.74, 6) is -0.406. The minimum Gasteiger partial charge on any atom is -0.368 e. The summed E-state index contributed by atoms with van der Waals surface area (Å²) >= 11 is 1.42. The van der Waals surface area contributed by atoms with E-state index in [1.54, 1.807) is 23.0 Å². The van der Waals surface area contributed by atoms with E-state index < -0.39 is 5.91 Å². The first-order valence-electron chi connectivity index (χ1n) is 9.33. The molecule has 3 aromatic rings. The fraction of sp³-hybridized carbons (Fsp3) is 0.300. The second kappa shape index (κ2) is 7.67. The van der Waals surface area contributed by atoms with Gasteiger partial charge in [0.2, 0.25) is 5.91 Å². The number of rotatable bonds is 4. The van der Waals surface area contributed by atoms with E-state index in [1.807, 2.05) is 37.2 Å². The number of aryl methyl sites for hydroxylation is 2. The molecule has 0 atom stereocenters. The van der Waals surface area contributed by atoms with Crippen LogP contribution in [0.1, 0.15) is 25.7 Å². The van der Waals surface area contributed by atoms with Crippen molar-refractivity contribution in [1.82, 2.24) is 19.7 Å². The standard InChI is InChI=1S/C20H22N6O2S/c1-13-17(29-19(23-13)15-11-22-24(2)12-15)20(28)26-9-7-25(8-10-26)16-5-3-14(4-6-16)18(21)27/h3-6,11-12H,7-10H2,1-2H3,(H2,21,27). The SMILES string of the molecule is Cc1nc(-c2cnn(C)c2)sc1C(=O)N1CCN(c2ccc(C(N)=O)cc2)CC1. The van der Waals surface area contributed by atoms with E-state index in [1.165, 1.54) is 11.3 Å². The molecular weight excluding hydrogens is 388 g/mol. The third-order valence-electron chi connectivity index (χ3n) is 5.03. The molecule has 0 radical (unpaired) electrons. The van der Waals surface area contributed by atoms with Gasteiger partial charge in [-0.05, 0) is 31.2 Å². The van der Waals surface area contributed by atoms with Crippen LogP contribution < -0.4 is 10.6 Å². The Kier molecular flexibility index (Phi) is 5.06. The number of aromatic nitrogens is 3. The predicted octanol–water partition coefficient (Wildman–Crippen LogP) is 1.91. The van der Waals surface area contributed by atoms with Crippen molar-refractivity contribution in [3.05, 3.63) is 52.8 Å². The third kappa shape index (κ3) is 3.86. The molecule has 2 amide bonds. The Morgan fingerprint density at radius 2 is 1.79 bits per heavy atom.